The first-order valence-corrected chi connectivity index (χ1v) is 8.19. The zero-order valence-corrected chi connectivity index (χ0v) is 13.7. The number of fused-ring (bicyclic) bond motifs is 1. The molecule has 0 bridgehead atoms. The van der Waals surface area contributed by atoms with Crippen LogP contribution in [0.5, 0.6) is 0 Å². The molecular weight excluding hydrogens is 308 g/mol. The van der Waals surface area contributed by atoms with Gasteiger partial charge in [0.2, 0.25) is 0 Å². The highest BCUT2D eigenvalue weighted by molar-refractivity contribution is 6.44. The van der Waals surface area contributed by atoms with Crippen LogP contribution in [0.4, 0.5) is 0 Å². The molecule has 0 N–H and O–H groups in total. The van der Waals surface area contributed by atoms with E-state index < -0.39 is 11.7 Å². The summed E-state index contributed by atoms with van der Waals surface area (Å²) in [5, 5.41) is 0.680. The van der Waals surface area contributed by atoms with Crippen LogP contribution in [0.2, 0.25) is 0 Å². The summed E-state index contributed by atoms with van der Waals surface area (Å²) in [5.41, 5.74) is 1.08. The van der Waals surface area contributed by atoms with Gasteiger partial charge in [0.25, 0.3) is 11.7 Å². The number of benzene rings is 1. The number of likely N-dealkylation sites (tertiary alicyclic amines) is 1. The summed E-state index contributed by atoms with van der Waals surface area (Å²) in [6, 6.07) is 7.27. The molecule has 1 aromatic carbocycles. The number of amides is 1. The van der Waals surface area contributed by atoms with Gasteiger partial charge in [0.05, 0.1) is 12.2 Å². The van der Waals surface area contributed by atoms with E-state index >= 15 is 0 Å². The molecule has 0 aliphatic carbocycles. The van der Waals surface area contributed by atoms with Crippen molar-refractivity contribution in [3.05, 3.63) is 36.0 Å². The Kier molecular flexibility index (Phi) is 4.64. The Hall–Kier alpha value is -2.63. The minimum absolute atomic E-state index is 0.0134. The lowest BCUT2D eigenvalue weighted by Gasteiger charge is -2.13. The van der Waals surface area contributed by atoms with Crippen molar-refractivity contribution in [1.82, 2.24) is 9.47 Å². The summed E-state index contributed by atoms with van der Waals surface area (Å²) in [6.45, 7) is 3.32. The first-order valence-electron chi connectivity index (χ1n) is 8.19. The topological polar surface area (TPSA) is 68.6 Å². The maximum atomic E-state index is 12.6. The van der Waals surface area contributed by atoms with Crippen molar-refractivity contribution in [2.24, 2.45) is 0 Å². The molecule has 126 valence electrons. The maximum Gasteiger partial charge on any atom is 0.325 e. The predicted molar refractivity (Wildman–Crippen MR) is 88.7 cm³/mol. The second-order valence-corrected chi connectivity index (χ2v) is 5.82. The van der Waals surface area contributed by atoms with E-state index in [0.29, 0.717) is 30.6 Å². The fourth-order valence-electron chi connectivity index (χ4n) is 3.08. The van der Waals surface area contributed by atoms with Crippen LogP contribution in [0, 0.1) is 0 Å². The van der Waals surface area contributed by atoms with Gasteiger partial charge in [0.15, 0.2) is 0 Å². The number of hydrogen-bond donors (Lipinski definition) is 0. The summed E-state index contributed by atoms with van der Waals surface area (Å²) >= 11 is 0. The summed E-state index contributed by atoms with van der Waals surface area (Å²) < 4.78 is 6.64. The molecule has 2 aromatic rings. The van der Waals surface area contributed by atoms with Crippen LogP contribution in [0.3, 0.4) is 0 Å². The summed E-state index contributed by atoms with van der Waals surface area (Å²) in [5.74, 6) is -1.36. The zero-order valence-electron chi connectivity index (χ0n) is 13.7. The van der Waals surface area contributed by atoms with Gasteiger partial charge < -0.3 is 14.2 Å². The number of hydrogen-bond acceptors (Lipinski definition) is 4. The number of carbonyl (C=O) groups is 3. The molecule has 3 rings (SSSR count). The van der Waals surface area contributed by atoms with Gasteiger partial charge in [-0.05, 0) is 25.8 Å². The number of nitrogens with zero attached hydrogens (tertiary/aromatic N) is 2. The number of esters is 1. The number of ether oxygens (including phenoxy) is 1. The predicted octanol–water partition coefficient (Wildman–Crippen LogP) is 2.01. The Labute approximate surface area is 140 Å². The van der Waals surface area contributed by atoms with Gasteiger partial charge in [0, 0.05) is 30.2 Å². The Morgan fingerprint density at radius 2 is 1.83 bits per heavy atom. The molecule has 0 atom stereocenters. The molecule has 1 saturated heterocycles. The van der Waals surface area contributed by atoms with Crippen molar-refractivity contribution < 1.29 is 19.1 Å². The SMILES string of the molecule is CCOC(=O)Cn1cc(C(=O)C(=O)N2CCCC2)c2ccccc21. The molecule has 6 nitrogen and oxygen atoms in total. The van der Waals surface area contributed by atoms with E-state index in [9.17, 15) is 14.4 Å². The number of para-hydroxylation sites is 1. The van der Waals surface area contributed by atoms with Crippen LogP contribution < -0.4 is 0 Å². The smallest absolute Gasteiger partial charge is 0.325 e. The number of Topliss-reactive ketones (excluding diaryl/α,β-unsaturated/α-hetero) is 1. The second-order valence-electron chi connectivity index (χ2n) is 5.82. The average Bonchev–Trinajstić information content (AvgIpc) is 3.22. The minimum Gasteiger partial charge on any atom is -0.465 e. The van der Waals surface area contributed by atoms with E-state index in [2.05, 4.69) is 0 Å². The molecule has 6 heteroatoms. The highest BCUT2D eigenvalue weighted by atomic mass is 16.5. The van der Waals surface area contributed by atoms with E-state index in [4.69, 9.17) is 4.74 Å². The molecule has 1 aromatic heterocycles. The lowest BCUT2D eigenvalue weighted by atomic mass is 10.1. The molecule has 24 heavy (non-hydrogen) atoms. The van der Waals surface area contributed by atoms with Crippen molar-refractivity contribution in [2.75, 3.05) is 19.7 Å². The van der Waals surface area contributed by atoms with Crippen molar-refractivity contribution in [3.63, 3.8) is 0 Å². The maximum absolute atomic E-state index is 12.6. The third kappa shape index (κ3) is 3.04. The normalized spacial score (nSPS) is 14.1. The van der Waals surface area contributed by atoms with Gasteiger partial charge in [-0.1, -0.05) is 18.2 Å². The van der Waals surface area contributed by atoms with E-state index in [1.807, 2.05) is 18.2 Å². The summed E-state index contributed by atoms with van der Waals surface area (Å²) in [4.78, 5) is 38.4. The van der Waals surface area contributed by atoms with Crippen molar-refractivity contribution in [2.45, 2.75) is 26.3 Å². The second kappa shape index (κ2) is 6.86. The van der Waals surface area contributed by atoms with Crippen LogP contribution in [-0.4, -0.2) is 46.8 Å². The van der Waals surface area contributed by atoms with Crippen LogP contribution in [0.1, 0.15) is 30.1 Å². The van der Waals surface area contributed by atoms with Crippen LogP contribution in [-0.2, 0) is 20.9 Å². The Morgan fingerprint density at radius 3 is 2.54 bits per heavy atom. The Balaban J connectivity index is 1.94. The number of aromatic nitrogens is 1. The van der Waals surface area contributed by atoms with E-state index in [1.165, 1.54) is 0 Å². The third-order valence-corrected chi connectivity index (χ3v) is 4.23. The van der Waals surface area contributed by atoms with Gasteiger partial charge in [-0.2, -0.15) is 0 Å². The van der Waals surface area contributed by atoms with Gasteiger partial charge >= 0.3 is 5.97 Å². The van der Waals surface area contributed by atoms with Gasteiger partial charge in [-0.3, -0.25) is 14.4 Å². The lowest BCUT2D eigenvalue weighted by molar-refractivity contribution is -0.143. The fourth-order valence-corrected chi connectivity index (χ4v) is 3.08. The average molecular weight is 328 g/mol. The molecule has 1 amide bonds. The molecule has 0 spiro atoms. The Morgan fingerprint density at radius 1 is 1.12 bits per heavy atom. The standard InChI is InChI=1S/C18H20N2O4/c1-2-24-16(21)12-20-11-14(13-7-3-4-8-15(13)20)17(22)18(23)19-9-5-6-10-19/h3-4,7-8,11H,2,5-6,9-10,12H2,1H3. The molecule has 1 fully saturated rings. The highest BCUT2D eigenvalue weighted by Crippen LogP contribution is 2.23. The van der Waals surface area contributed by atoms with Crippen molar-refractivity contribution in [1.29, 1.82) is 0 Å². The van der Waals surface area contributed by atoms with Gasteiger partial charge in [-0.25, -0.2) is 0 Å². The molecule has 0 radical (unpaired) electrons. The number of ketones is 1. The van der Waals surface area contributed by atoms with E-state index in [0.717, 1.165) is 18.4 Å². The Bertz CT molecular complexity index is 787. The zero-order chi connectivity index (χ0) is 17.1. The molecule has 2 heterocycles. The van der Waals surface area contributed by atoms with Crippen LogP contribution >= 0.6 is 0 Å². The fraction of sp³-hybridized carbons (Fsp3) is 0.389. The summed E-state index contributed by atoms with van der Waals surface area (Å²) in [6.07, 6.45) is 3.45. The molecule has 1 aliphatic heterocycles. The van der Waals surface area contributed by atoms with Crippen LogP contribution in [0.15, 0.2) is 30.5 Å². The minimum atomic E-state index is -0.518. The summed E-state index contributed by atoms with van der Waals surface area (Å²) in [7, 11) is 0. The molecule has 1 aliphatic rings. The molecule has 0 unspecified atom stereocenters. The largest absolute Gasteiger partial charge is 0.465 e. The lowest BCUT2D eigenvalue weighted by Crippen LogP contribution is -2.34. The number of carbonyl (C=O) groups excluding carboxylic acids is 3. The van der Waals surface area contributed by atoms with Gasteiger partial charge in [-0.15, -0.1) is 0 Å². The van der Waals surface area contributed by atoms with E-state index in [1.54, 1.807) is 28.7 Å². The quantitative estimate of drug-likeness (QED) is 0.478. The first kappa shape index (κ1) is 16.2. The monoisotopic (exact) mass is 328 g/mol. The van der Waals surface area contributed by atoms with Crippen molar-refractivity contribution in [3.8, 4) is 0 Å². The molecule has 0 saturated carbocycles. The van der Waals surface area contributed by atoms with Crippen molar-refractivity contribution >= 4 is 28.6 Å². The first-order chi connectivity index (χ1) is 11.6. The molecular formula is C18H20N2O4. The van der Waals surface area contributed by atoms with E-state index in [-0.39, 0.29) is 12.5 Å². The van der Waals surface area contributed by atoms with Gasteiger partial charge in [0.1, 0.15) is 6.54 Å². The highest BCUT2D eigenvalue weighted by Gasteiger charge is 2.28. The third-order valence-electron chi connectivity index (χ3n) is 4.23. The van der Waals surface area contributed by atoms with Crippen LogP contribution in [0.25, 0.3) is 10.9 Å². The number of rotatable bonds is 5.